The highest BCUT2D eigenvalue weighted by atomic mass is 16.5. The standard InChI is InChI=1S/C15H21N3O2/c1-17(2)11-7-8-18(10-11)15(19)14-9-16-12-5-3-4-6-13(12)20-14/h3-6,11,14,16H,7-10H2,1-2H3. The van der Waals surface area contributed by atoms with E-state index in [1.54, 1.807) is 0 Å². The zero-order valence-corrected chi connectivity index (χ0v) is 12.0. The Morgan fingerprint density at radius 1 is 1.40 bits per heavy atom. The second kappa shape index (κ2) is 5.32. The summed E-state index contributed by atoms with van der Waals surface area (Å²) in [4.78, 5) is 16.6. The van der Waals surface area contributed by atoms with E-state index in [1.807, 2.05) is 29.2 Å². The van der Waals surface area contributed by atoms with Crippen molar-refractivity contribution in [3.63, 3.8) is 0 Å². The first kappa shape index (κ1) is 13.2. The van der Waals surface area contributed by atoms with Crippen LogP contribution in [0.15, 0.2) is 24.3 Å². The third-order valence-corrected chi connectivity index (χ3v) is 4.11. The summed E-state index contributed by atoms with van der Waals surface area (Å²) in [5.41, 5.74) is 0.962. The zero-order valence-electron chi connectivity index (χ0n) is 12.0. The minimum Gasteiger partial charge on any atom is -0.477 e. The smallest absolute Gasteiger partial charge is 0.265 e. The van der Waals surface area contributed by atoms with Crippen LogP contribution in [-0.2, 0) is 4.79 Å². The minimum absolute atomic E-state index is 0.0938. The summed E-state index contributed by atoms with van der Waals surface area (Å²) in [6, 6.07) is 8.20. The highest BCUT2D eigenvalue weighted by Gasteiger charge is 2.34. The van der Waals surface area contributed by atoms with Gasteiger partial charge in [0, 0.05) is 19.1 Å². The lowest BCUT2D eigenvalue weighted by atomic mass is 10.2. The van der Waals surface area contributed by atoms with Gasteiger partial charge in [0.15, 0.2) is 6.10 Å². The van der Waals surface area contributed by atoms with Crippen LogP contribution in [0.4, 0.5) is 5.69 Å². The van der Waals surface area contributed by atoms with Gasteiger partial charge in [-0.25, -0.2) is 0 Å². The van der Waals surface area contributed by atoms with E-state index in [0.717, 1.165) is 30.9 Å². The van der Waals surface area contributed by atoms with Crippen molar-refractivity contribution in [1.82, 2.24) is 9.80 Å². The van der Waals surface area contributed by atoms with Crippen LogP contribution in [-0.4, -0.2) is 61.6 Å². The molecule has 0 radical (unpaired) electrons. The molecule has 2 unspecified atom stereocenters. The minimum atomic E-state index is -0.411. The number of carbonyl (C=O) groups is 1. The Bertz CT molecular complexity index is 504. The van der Waals surface area contributed by atoms with Gasteiger partial charge in [-0.2, -0.15) is 0 Å². The normalized spacial score (nSPS) is 25.1. The van der Waals surface area contributed by atoms with Crippen molar-refractivity contribution in [1.29, 1.82) is 0 Å². The monoisotopic (exact) mass is 275 g/mol. The van der Waals surface area contributed by atoms with Crippen molar-refractivity contribution < 1.29 is 9.53 Å². The number of nitrogens with zero attached hydrogens (tertiary/aromatic N) is 2. The molecule has 2 aliphatic heterocycles. The van der Waals surface area contributed by atoms with E-state index in [-0.39, 0.29) is 5.91 Å². The molecule has 5 nitrogen and oxygen atoms in total. The predicted octanol–water partition coefficient (Wildman–Crippen LogP) is 1.02. The highest BCUT2D eigenvalue weighted by Crippen LogP contribution is 2.29. The van der Waals surface area contributed by atoms with Gasteiger partial charge in [0.25, 0.3) is 5.91 Å². The molecular formula is C15H21N3O2. The van der Waals surface area contributed by atoms with E-state index in [2.05, 4.69) is 24.3 Å². The van der Waals surface area contributed by atoms with Gasteiger partial charge >= 0.3 is 0 Å². The number of anilines is 1. The molecular weight excluding hydrogens is 254 g/mol. The van der Waals surface area contributed by atoms with Crippen LogP contribution in [0.1, 0.15) is 6.42 Å². The fraction of sp³-hybridized carbons (Fsp3) is 0.533. The largest absolute Gasteiger partial charge is 0.477 e. The molecule has 1 aromatic rings. The van der Waals surface area contributed by atoms with Crippen LogP contribution < -0.4 is 10.1 Å². The average molecular weight is 275 g/mol. The second-order valence-corrected chi connectivity index (χ2v) is 5.67. The van der Waals surface area contributed by atoms with Crippen molar-refractivity contribution >= 4 is 11.6 Å². The first-order valence-electron chi connectivity index (χ1n) is 7.10. The van der Waals surface area contributed by atoms with Crippen molar-refractivity contribution in [3.8, 4) is 5.75 Å². The third-order valence-electron chi connectivity index (χ3n) is 4.11. The van der Waals surface area contributed by atoms with E-state index in [1.165, 1.54) is 0 Å². The predicted molar refractivity (Wildman–Crippen MR) is 78.0 cm³/mol. The maximum atomic E-state index is 12.5. The Morgan fingerprint density at radius 2 is 2.20 bits per heavy atom. The number of ether oxygens (including phenoxy) is 1. The molecule has 0 saturated carbocycles. The summed E-state index contributed by atoms with van der Waals surface area (Å²) in [7, 11) is 4.13. The summed E-state index contributed by atoms with van der Waals surface area (Å²) >= 11 is 0. The summed E-state index contributed by atoms with van der Waals surface area (Å²) in [5.74, 6) is 0.858. The van der Waals surface area contributed by atoms with Crippen molar-refractivity contribution in [2.75, 3.05) is 39.0 Å². The molecule has 1 amide bonds. The number of fused-ring (bicyclic) bond motifs is 1. The fourth-order valence-corrected chi connectivity index (χ4v) is 2.82. The third kappa shape index (κ3) is 2.45. The molecule has 20 heavy (non-hydrogen) atoms. The first-order chi connectivity index (χ1) is 9.65. The topological polar surface area (TPSA) is 44.8 Å². The van der Waals surface area contributed by atoms with Crippen molar-refractivity contribution in [2.24, 2.45) is 0 Å². The number of amides is 1. The number of hydrogen-bond acceptors (Lipinski definition) is 4. The van der Waals surface area contributed by atoms with Crippen LogP contribution in [0.3, 0.4) is 0 Å². The lowest BCUT2D eigenvalue weighted by Gasteiger charge is -2.29. The number of likely N-dealkylation sites (tertiary alicyclic amines) is 1. The Morgan fingerprint density at radius 3 is 2.95 bits per heavy atom. The Balaban J connectivity index is 1.65. The molecule has 5 heteroatoms. The molecule has 108 valence electrons. The van der Waals surface area contributed by atoms with Crippen LogP contribution in [0.5, 0.6) is 5.75 Å². The van der Waals surface area contributed by atoms with E-state index in [0.29, 0.717) is 12.6 Å². The molecule has 0 aromatic heterocycles. The quantitative estimate of drug-likeness (QED) is 0.875. The SMILES string of the molecule is CN(C)C1CCN(C(=O)C2CNc3ccccc3O2)C1. The molecule has 1 saturated heterocycles. The van der Waals surface area contributed by atoms with Crippen LogP contribution in [0.25, 0.3) is 0 Å². The summed E-state index contributed by atoms with van der Waals surface area (Å²) in [5, 5.41) is 3.27. The van der Waals surface area contributed by atoms with E-state index in [4.69, 9.17) is 4.74 Å². The first-order valence-corrected chi connectivity index (χ1v) is 7.10. The van der Waals surface area contributed by atoms with Gasteiger partial charge in [-0.3, -0.25) is 4.79 Å². The number of carbonyl (C=O) groups excluding carboxylic acids is 1. The lowest BCUT2D eigenvalue weighted by Crippen LogP contribution is -2.47. The highest BCUT2D eigenvalue weighted by molar-refractivity contribution is 5.83. The Kier molecular flexibility index (Phi) is 3.53. The van der Waals surface area contributed by atoms with E-state index < -0.39 is 6.10 Å². The van der Waals surface area contributed by atoms with Gasteiger partial charge in [-0.05, 0) is 32.6 Å². The van der Waals surface area contributed by atoms with Gasteiger partial charge in [0.2, 0.25) is 0 Å². The molecule has 0 aliphatic carbocycles. The molecule has 1 N–H and O–H groups in total. The van der Waals surface area contributed by atoms with Gasteiger partial charge in [-0.1, -0.05) is 12.1 Å². The Labute approximate surface area is 119 Å². The van der Waals surface area contributed by atoms with E-state index >= 15 is 0 Å². The molecule has 2 atom stereocenters. The maximum absolute atomic E-state index is 12.5. The molecule has 0 spiro atoms. The van der Waals surface area contributed by atoms with Gasteiger partial charge in [-0.15, -0.1) is 0 Å². The number of benzene rings is 1. The maximum Gasteiger partial charge on any atom is 0.265 e. The Hall–Kier alpha value is -1.75. The number of nitrogens with one attached hydrogen (secondary N) is 1. The molecule has 0 bridgehead atoms. The number of likely N-dealkylation sites (N-methyl/N-ethyl adjacent to an activating group) is 1. The van der Waals surface area contributed by atoms with Gasteiger partial charge in [0.1, 0.15) is 5.75 Å². The molecule has 3 rings (SSSR count). The number of rotatable bonds is 2. The van der Waals surface area contributed by atoms with Crippen molar-refractivity contribution in [3.05, 3.63) is 24.3 Å². The summed E-state index contributed by atoms with van der Waals surface area (Å²) in [6.45, 7) is 2.16. The molecule has 2 heterocycles. The van der Waals surface area contributed by atoms with Crippen LogP contribution >= 0.6 is 0 Å². The second-order valence-electron chi connectivity index (χ2n) is 5.67. The number of para-hydroxylation sites is 2. The van der Waals surface area contributed by atoms with Gasteiger partial charge < -0.3 is 19.9 Å². The number of hydrogen-bond donors (Lipinski definition) is 1. The molecule has 2 aliphatic rings. The van der Waals surface area contributed by atoms with Gasteiger partial charge in [0.05, 0.1) is 12.2 Å². The lowest BCUT2D eigenvalue weighted by molar-refractivity contribution is -0.137. The zero-order chi connectivity index (χ0) is 14.1. The molecule has 1 aromatic carbocycles. The van der Waals surface area contributed by atoms with Crippen LogP contribution in [0.2, 0.25) is 0 Å². The van der Waals surface area contributed by atoms with Crippen molar-refractivity contribution in [2.45, 2.75) is 18.6 Å². The van der Waals surface area contributed by atoms with E-state index in [9.17, 15) is 4.79 Å². The molecule has 1 fully saturated rings. The summed E-state index contributed by atoms with van der Waals surface area (Å²) < 4.78 is 5.83. The van der Waals surface area contributed by atoms with Crippen LogP contribution in [0, 0.1) is 0 Å². The summed E-state index contributed by atoms with van der Waals surface area (Å²) in [6.07, 6.45) is 0.626. The fourth-order valence-electron chi connectivity index (χ4n) is 2.82. The average Bonchev–Trinajstić information content (AvgIpc) is 2.96.